The molecule has 0 bridgehead atoms. The van der Waals surface area contributed by atoms with E-state index in [0.29, 0.717) is 0 Å². The zero-order valence-corrected chi connectivity index (χ0v) is 10.1. The van der Waals surface area contributed by atoms with E-state index in [1.165, 1.54) is 38.5 Å². The smallest absolute Gasteiger partial charge is 0.0462 e. The van der Waals surface area contributed by atoms with Gasteiger partial charge >= 0.3 is 0 Å². The molecule has 0 spiro atoms. The lowest BCUT2D eigenvalue weighted by atomic mass is 10.1. The molecule has 0 aromatic rings. The first-order valence-electron chi connectivity index (χ1n) is 6.07. The zero-order chi connectivity index (χ0) is 10.6. The first-order valence-corrected chi connectivity index (χ1v) is 6.07. The fourth-order valence-electron chi connectivity index (χ4n) is 1.61. The van der Waals surface area contributed by atoms with Crippen molar-refractivity contribution in [3.05, 3.63) is 0 Å². The van der Waals surface area contributed by atoms with Gasteiger partial charge in [-0.25, -0.2) is 0 Å². The zero-order valence-electron chi connectivity index (χ0n) is 10.1. The van der Waals surface area contributed by atoms with Crippen molar-refractivity contribution in [2.75, 3.05) is 20.3 Å². The molecule has 0 aliphatic carbocycles. The highest BCUT2D eigenvalue weighted by molar-refractivity contribution is 4.64. The second kappa shape index (κ2) is 11.0. The predicted molar refractivity (Wildman–Crippen MR) is 62.7 cm³/mol. The normalized spacial score (nSPS) is 13.1. The van der Waals surface area contributed by atoms with E-state index in [0.717, 1.165) is 19.2 Å². The summed E-state index contributed by atoms with van der Waals surface area (Å²) in [6.45, 7) is 6.57. The van der Waals surface area contributed by atoms with Crippen LogP contribution in [-0.2, 0) is 4.74 Å². The van der Waals surface area contributed by atoms with Gasteiger partial charge in [-0.1, -0.05) is 26.7 Å². The number of hydrogen-bond donors (Lipinski definition) is 1. The average Bonchev–Trinajstić information content (AvgIpc) is 2.22. The van der Waals surface area contributed by atoms with Gasteiger partial charge in [0.15, 0.2) is 0 Å². The molecule has 2 nitrogen and oxygen atoms in total. The van der Waals surface area contributed by atoms with E-state index in [9.17, 15) is 0 Å². The Labute approximate surface area is 89.4 Å². The third kappa shape index (κ3) is 8.52. The van der Waals surface area contributed by atoms with Crippen LogP contribution in [0, 0.1) is 0 Å². The summed E-state index contributed by atoms with van der Waals surface area (Å²) in [7, 11) is 1.78. The maximum Gasteiger partial charge on any atom is 0.0462 e. The van der Waals surface area contributed by atoms with Gasteiger partial charge in [-0.15, -0.1) is 0 Å². The SMILES string of the molecule is CCCNC(CC)CCCCCOC. The lowest BCUT2D eigenvalue weighted by Crippen LogP contribution is -2.28. The third-order valence-corrected chi connectivity index (χ3v) is 2.58. The number of methoxy groups -OCH3 is 1. The van der Waals surface area contributed by atoms with Crippen molar-refractivity contribution in [2.24, 2.45) is 0 Å². The van der Waals surface area contributed by atoms with Gasteiger partial charge in [-0.3, -0.25) is 0 Å². The minimum Gasteiger partial charge on any atom is -0.385 e. The van der Waals surface area contributed by atoms with Crippen molar-refractivity contribution in [3.8, 4) is 0 Å². The Morgan fingerprint density at radius 2 is 1.93 bits per heavy atom. The molecule has 0 fully saturated rings. The summed E-state index contributed by atoms with van der Waals surface area (Å²) in [4.78, 5) is 0. The van der Waals surface area contributed by atoms with Gasteiger partial charge in [-0.2, -0.15) is 0 Å². The molecule has 0 heterocycles. The van der Waals surface area contributed by atoms with Gasteiger partial charge in [-0.05, 0) is 32.2 Å². The first kappa shape index (κ1) is 13.9. The van der Waals surface area contributed by atoms with Gasteiger partial charge in [0.2, 0.25) is 0 Å². The Bertz CT molecular complexity index is 106. The van der Waals surface area contributed by atoms with Crippen molar-refractivity contribution >= 4 is 0 Å². The van der Waals surface area contributed by atoms with E-state index in [1.807, 2.05) is 0 Å². The number of nitrogens with one attached hydrogen (secondary N) is 1. The average molecular weight is 201 g/mol. The van der Waals surface area contributed by atoms with Crippen molar-refractivity contribution < 1.29 is 4.74 Å². The van der Waals surface area contributed by atoms with Crippen LogP contribution in [0.4, 0.5) is 0 Å². The quantitative estimate of drug-likeness (QED) is 0.549. The van der Waals surface area contributed by atoms with Crippen molar-refractivity contribution in [1.82, 2.24) is 5.32 Å². The maximum atomic E-state index is 5.02. The summed E-state index contributed by atoms with van der Waals surface area (Å²) in [5, 5.41) is 3.58. The number of ether oxygens (including phenoxy) is 1. The van der Waals surface area contributed by atoms with Crippen molar-refractivity contribution in [2.45, 2.75) is 58.4 Å². The Morgan fingerprint density at radius 1 is 1.14 bits per heavy atom. The largest absolute Gasteiger partial charge is 0.385 e. The molecule has 1 N–H and O–H groups in total. The highest BCUT2D eigenvalue weighted by Crippen LogP contribution is 2.06. The molecular formula is C12H27NO. The van der Waals surface area contributed by atoms with Crippen LogP contribution in [0.5, 0.6) is 0 Å². The molecule has 0 rings (SSSR count). The molecule has 0 radical (unpaired) electrons. The summed E-state index contributed by atoms with van der Waals surface area (Å²) >= 11 is 0. The molecule has 0 aliphatic rings. The molecule has 1 atom stereocenters. The van der Waals surface area contributed by atoms with Crippen LogP contribution >= 0.6 is 0 Å². The summed E-state index contributed by atoms with van der Waals surface area (Å²) in [6.07, 6.45) is 7.65. The number of unbranched alkanes of at least 4 members (excludes halogenated alkanes) is 2. The lowest BCUT2D eigenvalue weighted by molar-refractivity contribution is 0.191. The van der Waals surface area contributed by atoms with Crippen LogP contribution < -0.4 is 5.32 Å². The summed E-state index contributed by atoms with van der Waals surface area (Å²) in [5.74, 6) is 0. The Hall–Kier alpha value is -0.0800. The van der Waals surface area contributed by atoms with Crippen LogP contribution in [0.25, 0.3) is 0 Å². The molecule has 14 heavy (non-hydrogen) atoms. The fourth-order valence-corrected chi connectivity index (χ4v) is 1.61. The van der Waals surface area contributed by atoms with Crippen molar-refractivity contribution in [3.63, 3.8) is 0 Å². The molecule has 2 heteroatoms. The molecule has 86 valence electrons. The molecule has 1 unspecified atom stereocenters. The molecule has 0 aliphatic heterocycles. The second-order valence-electron chi connectivity index (χ2n) is 3.90. The van der Waals surface area contributed by atoms with Crippen LogP contribution in [0.15, 0.2) is 0 Å². The predicted octanol–water partition coefficient (Wildman–Crippen LogP) is 2.97. The van der Waals surface area contributed by atoms with E-state index in [2.05, 4.69) is 19.2 Å². The second-order valence-corrected chi connectivity index (χ2v) is 3.90. The fraction of sp³-hybridized carbons (Fsp3) is 1.00. The third-order valence-electron chi connectivity index (χ3n) is 2.58. The Balaban J connectivity index is 3.24. The first-order chi connectivity index (χ1) is 6.85. The van der Waals surface area contributed by atoms with E-state index in [-0.39, 0.29) is 0 Å². The lowest BCUT2D eigenvalue weighted by Gasteiger charge is -2.16. The van der Waals surface area contributed by atoms with Crippen LogP contribution in [0.1, 0.15) is 52.4 Å². The molecule has 0 saturated heterocycles. The van der Waals surface area contributed by atoms with Crippen LogP contribution in [0.2, 0.25) is 0 Å². The van der Waals surface area contributed by atoms with Gasteiger partial charge in [0.1, 0.15) is 0 Å². The van der Waals surface area contributed by atoms with Gasteiger partial charge in [0, 0.05) is 19.8 Å². The minimum atomic E-state index is 0.734. The van der Waals surface area contributed by atoms with Crippen LogP contribution in [0.3, 0.4) is 0 Å². The summed E-state index contributed by atoms with van der Waals surface area (Å²) in [6, 6.07) is 0.734. The minimum absolute atomic E-state index is 0.734. The summed E-state index contributed by atoms with van der Waals surface area (Å²) < 4.78 is 5.02. The van der Waals surface area contributed by atoms with E-state index in [4.69, 9.17) is 4.74 Å². The van der Waals surface area contributed by atoms with Gasteiger partial charge in [0.25, 0.3) is 0 Å². The van der Waals surface area contributed by atoms with Gasteiger partial charge < -0.3 is 10.1 Å². The number of hydrogen-bond acceptors (Lipinski definition) is 2. The Morgan fingerprint density at radius 3 is 2.50 bits per heavy atom. The van der Waals surface area contributed by atoms with Crippen molar-refractivity contribution in [1.29, 1.82) is 0 Å². The highest BCUT2D eigenvalue weighted by atomic mass is 16.5. The highest BCUT2D eigenvalue weighted by Gasteiger charge is 2.03. The maximum absolute atomic E-state index is 5.02. The van der Waals surface area contributed by atoms with Crippen LogP contribution in [-0.4, -0.2) is 26.3 Å². The summed E-state index contributed by atoms with van der Waals surface area (Å²) in [5.41, 5.74) is 0. The molecule has 0 aromatic carbocycles. The molecule has 0 amide bonds. The molecule has 0 saturated carbocycles. The van der Waals surface area contributed by atoms with Gasteiger partial charge in [0.05, 0.1) is 0 Å². The van der Waals surface area contributed by atoms with E-state index in [1.54, 1.807) is 7.11 Å². The molecule has 0 aromatic heterocycles. The van der Waals surface area contributed by atoms with E-state index >= 15 is 0 Å². The molecular weight excluding hydrogens is 174 g/mol. The standard InChI is InChI=1S/C12H27NO/c1-4-10-13-12(5-2)9-7-6-8-11-14-3/h12-13H,4-11H2,1-3H3. The number of rotatable bonds is 10. The Kier molecular flexibility index (Phi) is 10.9. The topological polar surface area (TPSA) is 21.3 Å². The monoisotopic (exact) mass is 201 g/mol. The van der Waals surface area contributed by atoms with E-state index < -0.39 is 0 Å².